The van der Waals surface area contributed by atoms with Crippen LogP contribution in [0, 0.1) is 11.3 Å². The zero-order chi connectivity index (χ0) is 38.1. The lowest BCUT2D eigenvalue weighted by Gasteiger charge is -2.42. The van der Waals surface area contributed by atoms with Crippen molar-refractivity contribution in [1.82, 2.24) is 5.32 Å². The minimum absolute atomic E-state index is 0.00294. The number of benzene rings is 5. The summed E-state index contributed by atoms with van der Waals surface area (Å²) in [5.74, 6) is 2.76. The molecule has 11 rings (SSSR count). The Hall–Kier alpha value is -5.80. The summed E-state index contributed by atoms with van der Waals surface area (Å²) in [6.07, 6.45) is 16.7. The monoisotopic (exact) mass is 739 g/mol. The van der Waals surface area contributed by atoms with Gasteiger partial charge < -0.3 is 5.32 Å². The molecule has 0 aromatic heterocycles. The van der Waals surface area contributed by atoms with E-state index >= 15 is 0 Å². The van der Waals surface area contributed by atoms with E-state index in [0.717, 1.165) is 41.2 Å². The van der Waals surface area contributed by atoms with Crippen LogP contribution < -0.4 is 5.32 Å². The number of nitrogens with zero attached hydrogens (tertiary/aromatic N) is 2. The fourth-order valence-corrected chi connectivity index (χ4v) is 11.3. The number of hydrogen-bond donors (Lipinski definition) is 1. The van der Waals surface area contributed by atoms with Crippen molar-refractivity contribution in [3.05, 3.63) is 207 Å². The average molecular weight is 740 g/mol. The molecule has 2 unspecified atom stereocenters. The molecule has 0 bridgehead atoms. The maximum atomic E-state index is 5.07. The topological polar surface area (TPSA) is 36.8 Å². The van der Waals surface area contributed by atoms with Crippen molar-refractivity contribution in [2.24, 2.45) is 21.3 Å². The number of aliphatic imine (C=N–C) groups is 2. The van der Waals surface area contributed by atoms with Gasteiger partial charge in [-0.15, -0.1) is 0 Å². The van der Waals surface area contributed by atoms with Crippen LogP contribution in [0.15, 0.2) is 184 Å². The van der Waals surface area contributed by atoms with Crippen molar-refractivity contribution in [2.75, 3.05) is 0 Å². The van der Waals surface area contributed by atoms with Crippen LogP contribution in [0.2, 0.25) is 0 Å². The van der Waals surface area contributed by atoms with Crippen LogP contribution in [0.4, 0.5) is 0 Å². The van der Waals surface area contributed by atoms with E-state index in [4.69, 9.17) is 9.98 Å². The maximum absolute atomic E-state index is 5.07. The highest BCUT2D eigenvalue weighted by molar-refractivity contribution is 6.15. The number of hydrogen-bond acceptors (Lipinski definition) is 3. The molecule has 2 atom stereocenters. The quantitative estimate of drug-likeness (QED) is 0.191. The third-order valence-electron chi connectivity index (χ3n) is 14.2. The molecule has 1 spiro atoms. The summed E-state index contributed by atoms with van der Waals surface area (Å²) in [6, 6.07) is 48.2. The van der Waals surface area contributed by atoms with Crippen LogP contribution in [-0.4, -0.2) is 11.7 Å². The molecule has 3 heteroatoms. The maximum Gasteiger partial charge on any atom is 0.169 e. The number of fused-ring (bicyclic) bond motifs is 7. The number of rotatable bonds is 5. The van der Waals surface area contributed by atoms with Gasteiger partial charge in [-0.25, -0.2) is 9.98 Å². The van der Waals surface area contributed by atoms with E-state index in [1.807, 2.05) is 36.4 Å². The summed E-state index contributed by atoms with van der Waals surface area (Å²) in [5.41, 5.74) is 18.3. The van der Waals surface area contributed by atoms with Crippen molar-refractivity contribution in [2.45, 2.75) is 76.3 Å². The molecule has 5 aliphatic carbocycles. The highest BCUT2D eigenvalue weighted by atomic mass is 15.2. The molecule has 280 valence electrons. The van der Waals surface area contributed by atoms with Gasteiger partial charge >= 0.3 is 0 Å². The molecule has 1 heterocycles. The van der Waals surface area contributed by atoms with Crippen LogP contribution in [0.25, 0.3) is 16.7 Å². The molecular weight excluding hydrogens is 691 g/mol. The van der Waals surface area contributed by atoms with Crippen molar-refractivity contribution < 1.29 is 0 Å². The second kappa shape index (κ2) is 13.4. The molecule has 5 aromatic carbocycles. The van der Waals surface area contributed by atoms with Gasteiger partial charge in [-0.05, 0) is 92.8 Å². The Morgan fingerprint density at radius 3 is 1.84 bits per heavy atom. The minimum Gasteiger partial charge on any atom is -0.324 e. The second-order valence-electron chi connectivity index (χ2n) is 17.6. The molecule has 1 N–H and O–H groups in total. The van der Waals surface area contributed by atoms with E-state index in [1.54, 1.807) is 33.4 Å². The first-order chi connectivity index (χ1) is 28.0. The molecule has 0 radical (unpaired) electrons. The van der Waals surface area contributed by atoms with Gasteiger partial charge in [-0.1, -0.05) is 185 Å². The normalized spacial score (nSPS) is 22.9. The van der Waals surface area contributed by atoms with Crippen molar-refractivity contribution in [3.8, 4) is 11.1 Å². The highest BCUT2D eigenvalue weighted by Gasteiger charge is 2.54. The van der Waals surface area contributed by atoms with E-state index in [1.165, 1.54) is 54.4 Å². The van der Waals surface area contributed by atoms with Gasteiger partial charge in [0.2, 0.25) is 0 Å². The Morgan fingerprint density at radius 1 is 0.579 bits per heavy atom. The van der Waals surface area contributed by atoms with Gasteiger partial charge in [-0.3, -0.25) is 0 Å². The number of nitrogens with one attached hydrogen (secondary N) is 1. The summed E-state index contributed by atoms with van der Waals surface area (Å²) < 4.78 is 0. The standard InChI is InChI=1S/C54H49N3/c1-53(2)47-32-41(28-29-43(47)44-34-49-45(33-48(44)53)42-18-10-11-19-46(42)54(49)30-12-5-13-31-54)37-22-20-35(21-23-37)36-24-26-40(27-25-36)52-56-50(38-14-6-3-7-15-38)55-51(57-52)39-16-8-4-9-17-39/h3-4,6-11,14-27,32-34,45,49,52H,5,12-13,28-31H2,1-2H3,(H,55,56,57). The fraction of sp³-hybridized carbons (Fsp3) is 0.259. The lowest BCUT2D eigenvalue weighted by Crippen LogP contribution is -2.35. The first-order valence-electron chi connectivity index (χ1n) is 21.2. The number of amidine groups is 2. The Bertz CT molecular complexity index is 2520. The molecule has 1 fully saturated rings. The predicted molar refractivity (Wildman–Crippen MR) is 235 cm³/mol. The van der Waals surface area contributed by atoms with Gasteiger partial charge in [0.1, 0.15) is 11.7 Å². The van der Waals surface area contributed by atoms with Gasteiger partial charge in [0.15, 0.2) is 6.17 Å². The lowest BCUT2D eigenvalue weighted by atomic mass is 9.62. The van der Waals surface area contributed by atoms with Crippen molar-refractivity contribution >= 4 is 17.2 Å². The molecule has 0 amide bonds. The average Bonchev–Trinajstić information content (AvgIpc) is 3.66. The van der Waals surface area contributed by atoms with E-state index < -0.39 is 0 Å². The molecule has 5 aromatic rings. The second-order valence-corrected chi connectivity index (χ2v) is 17.6. The third kappa shape index (κ3) is 5.61. The van der Waals surface area contributed by atoms with Gasteiger partial charge in [0.05, 0.1) is 0 Å². The summed E-state index contributed by atoms with van der Waals surface area (Å²) in [5, 5.41) is 3.49. The van der Waals surface area contributed by atoms with Crippen LogP contribution in [0.5, 0.6) is 0 Å². The van der Waals surface area contributed by atoms with Crippen LogP contribution in [-0.2, 0) is 5.41 Å². The zero-order valence-corrected chi connectivity index (χ0v) is 33.0. The summed E-state index contributed by atoms with van der Waals surface area (Å²) >= 11 is 0. The van der Waals surface area contributed by atoms with Crippen molar-refractivity contribution in [3.63, 3.8) is 0 Å². The molecule has 0 saturated heterocycles. The Balaban J connectivity index is 0.865. The molecule has 3 nitrogen and oxygen atoms in total. The van der Waals surface area contributed by atoms with Crippen LogP contribution in [0.1, 0.15) is 104 Å². The van der Waals surface area contributed by atoms with Crippen LogP contribution in [0.3, 0.4) is 0 Å². The van der Waals surface area contributed by atoms with E-state index in [2.05, 4.69) is 134 Å². The molecule has 1 saturated carbocycles. The SMILES string of the molecule is CC1(C)C2=CC3c4ccccc4C4(CCCCC4)C3C=C2C2=C1C=C(c1ccc(-c3ccc(C4N=C(c5ccccc5)NC(c5ccccc5)=N4)cc3)cc1)CC2. The highest BCUT2D eigenvalue weighted by Crippen LogP contribution is 2.64. The summed E-state index contributed by atoms with van der Waals surface area (Å²) in [6.45, 7) is 4.95. The first-order valence-corrected chi connectivity index (χ1v) is 21.2. The van der Waals surface area contributed by atoms with Gasteiger partial charge in [-0.2, -0.15) is 0 Å². The van der Waals surface area contributed by atoms with E-state index in [9.17, 15) is 0 Å². The molecular formula is C54H49N3. The Labute approximate surface area is 337 Å². The predicted octanol–water partition coefficient (Wildman–Crippen LogP) is 12.8. The minimum atomic E-state index is -0.329. The summed E-state index contributed by atoms with van der Waals surface area (Å²) in [7, 11) is 0. The molecule has 6 aliphatic rings. The summed E-state index contributed by atoms with van der Waals surface area (Å²) in [4.78, 5) is 10.1. The van der Waals surface area contributed by atoms with E-state index in [-0.39, 0.29) is 11.6 Å². The lowest BCUT2D eigenvalue weighted by molar-refractivity contribution is 0.232. The third-order valence-corrected chi connectivity index (χ3v) is 14.2. The fourth-order valence-electron chi connectivity index (χ4n) is 11.3. The molecule has 57 heavy (non-hydrogen) atoms. The van der Waals surface area contributed by atoms with Gasteiger partial charge in [0.25, 0.3) is 0 Å². The molecule has 1 aliphatic heterocycles. The van der Waals surface area contributed by atoms with E-state index in [0.29, 0.717) is 17.3 Å². The van der Waals surface area contributed by atoms with Crippen molar-refractivity contribution in [1.29, 1.82) is 0 Å². The largest absolute Gasteiger partial charge is 0.324 e. The number of allylic oxidation sites excluding steroid dienone is 8. The zero-order valence-electron chi connectivity index (χ0n) is 33.0. The Kier molecular flexibility index (Phi) is 8.10. The first kappa shape index (κ1) is 34.4. The smallest absolute Gasteiger partial charge is 0.169 e. The van der Waals surface area contributed by atoms with Gasteiger partial charge in [0, 0.05) is 27.9 Å². The Morgan fingerprint density at radius 2 is 1.18 bits per heavy atom. The van der Waals surface area contributed by atoms with Crippen LogP contribution >= 0.6 is 0 Å².